The number of pyridine rings is 1. The van der Waals surface area contributed by atoms with Gasteiger partial charge >= 0.3 is 0 Å². The maximum atomic E-state index is 4.40. The number of hydrogen-bond acceptors (Lipinski definition) is 3. The van der Waals surface area contributed by atoms with Gasteiger partial charge in [0, 0.05) is 22.5 Å². The van der Waals surface area contributed by atoms with Crippen LogP contribution in [0, 0.1) is 5.92 Å². The lowest BCUT2D eigenvalue weighted by Crippen LogP contribution is -2.37. The Kier molecular flexibility index (Phi) is 7.95. The minimum atomic E-state index is 0.564. The smallest absolute Gasteiger partial charge is 0.110 e. The van der Waals surface area contributed by atoms with E-state index < -0.39 is 0 Å². The van der Waals surface area contributed by atoms with E-state index in [9.17, 15) is 0 Å². The summed E-state index contributed by atoms with van der Waals surface area (Å²) in [6.07, 6.45) is 4.25. The SMILES string of the molecule is CCCNC(CSc1ncccc1Br)C(C)CC. The summed E-state index contributed by atoms with van der Waals surface area (Å²) in [4.78, 5) is 4.40. The first kappa shape index (κ1) is 16.0. The first-order chi connectivity index (χ1) is 8.69. The van der Waals surface area contributed by atoms with Gasteiger partial charge in [-0.25, -0.2) is 4.98 Å². The molecular weight excluding hydrogens is 308 g/mol. The summed E-state index contributed by atoms with van der Waals surface area (Å²) in [6.45, 7) is 7.89. The van der Waals surface area contributed by atoms with Crippen molar-refractivity contribution in [2.45, 2.75) is 44.7 Å². The monoisotopic (exact) mass is 330 g/mol. The largest absolute Gasteiger partial charge is 0.313 e. The van der Waals surface area contributed by atoms with E-state index in [1.165, 1.54) is 12.8 Å². The highest BCUT2D eigenvalue weighted by molar-refractivity contribution is 9.10. The predicted molar refractivity (Wildman–Crippen MR) is 84.2 cm³/mol. The number of aromatic nitrogens is 1. The molecule has 0 aliphatic heterocycles. The average molecular weight is 331 g/mol. The first-order valence-corrected chi connectivity index (χ1v) is 8.43. The maximum Gasteiger partial charge on any atom is 0.110 e. The quantitative estimate of drug-likeness (QED) is 0.717. The van der Waals surface area contributed by atoms with Gasteiger partial charge in [-0.15, -0.1) is 11.8 Å². The molecule has 2 atom stereocenters. The van der Waals surface area contributed by atoms with Gasteiger partial charge in [0.05, 0.1) is 0 Å². The van der Waals surface area contributed by atoms with Crippen LogP contribution in [0.15, 0.2) is 27.8 Å². The predicted octanol–water partition coefficient (Wildman–Crippen LogP) is 4.35. The van der Waals surface area contributed by atoms with Gasteiger partial charge in [0.2, 0.25) is 0 Å². The Morgan fingerprint density at radius 3 is 2.83 bits per heavy atom. The van der Waals surface area contributed by atoms with Crippen molar-refractivity contribution in [1.82, 2.24) is 10.3 Å². The summed E-state index contributed by atoms with van der Waals surface area (Å²) in [7, 11) is 0. The Balaban J connectivity index is 2.53. The second-order valence-corrected chi connectivity index (χ2v) is 6.41. The van der Waals surface area contributed by atoms with E-state index in [1.54, 1.807) is 0 Å². The molecule has 2 unspecified atom stereocenters. The molecule has 18 heavy (non-hydrogen) atoms. The molecule has 4 heteroatoms. The molecule has 1 aromatic rings. The summed E-state index contributed by atoms with van der Waals surface area (Å²) < 4.78 is 1.09. The first-order valence-electron chi connectivity index (χ1n) is 6.65. The summed E-state index contributed by atoms with van der Waals surface area (Å²) in [6, 6.07) is 4.57. The lowest BCUT2D eigenvalue weighted by Gasteiger charge is -2.24. The number of halogens is 1. The Morgan fingerprint density at radius 2 is 2.22 bits per heavy atom. The van der Waals surface area contributed by atoms with E-state index in [1.807, 2.05) is 30.1 Å². The number of rotatable bonds is 8. The lowest BCUT2D eigenvalue weighted by molar-refractivity contribution is 0.397. The van der Waals surface area contributed by atoms with Crippen LogP contribution in [-0.4, -0.2) is 23.3 Å². The van der Waals surface area contributed by atoms with Gasteiger partial charge in [-0.2, -0.15) is 0 Å². The number of thioether (sulfide) groups is 1. The fraction of sp³-hybridized carbons (Fsp3) is 0.643. The van der Waals surface area contributed by atoms with Crippen LogP contribution in [0.4, 0.5) is 0 Å². The number of nitrogens with one attached hydrogen (secondary N) is 1. The van der Waals surface area contributed by atoms with Crippen LogP contribution in [0.2, 0.25) is 0 Å². The molecule has 0 saturated heterocycles. The van der Waals surface area contributed by atoms with E-state index in [-0.39, 0.29) is 0 Å². The van der Waals surface area contributed by atoms with Gasteiger partial charge in [-0.3, -0.25) is 0 Å². The van der Waals surface area contributed by atoms with Crippen molar-refractivity contribution >= 4 is 27.7 Å². The molecule has 0 aliphatic carbocycles. The molecule has 1 rings (SSSR count). The van der Waals surface area contributed by atoms with Gasteiger partial charge in [0.15, 0.2) is 0 Å². The molecule has 0 amide bonds. The molecule has 1 N–H and O–H groups in total. The third-order valence-corrected chi connectivity index (χ3v) is 5.14. The van der Waals surface area contributed by atoms with Crippen molar-refractivity contribution in [3.63, 3.8) is 0 Å². The van der Waals surface area contributed by atoms with Crippen molar-refractivity contribution < 1.29 is 0 Å². The Labute approximate surface area is 123 Å². The molecule has 0 bridgehead atoms. The second kappa shape index (κ2) is 8.94. The van der Waals surface area contributed by atoms with E-state index >= 15 is 0 Å². The van der Waals surface area contributed by atoms with Crippen LogP contribution in [-0.2, 0) is 0 Å². The summed E-state index contributed by atoms with van der Waals surface area (Å²) in [5.74, 6) is 1.77. The minimum Gasteiger partial charge on any atom is -0.313 e. The zero-order valence-electron chi connectivity index (χ0n) is 11.4. The molecule has 0 aromatic carbocycles. The zero-order chi connectivity index (χ0) is 13.4. The fourth-order valence-corrected chi connectivity index (χ4v) is 3.41. The van der Waals surface area contributed by atoms with Crippen LogP contribution >= 0.6 is 27.7 Å². The van der Waals surface area contributed by atoms with Crippen molar-refractivity contribution in [2.75, 3.05) is 12.3 Å². The molecule has 0 fully saturated rings. The lowest BCUT2D eigenvalue weighted by atomic mass is 10.0. The molecule has 2 nitrogen and oxygen atoms in total. The van der Waals surface area contributed by atoms with Gasteiger partial charge in [-0.1, -0.05) is 27.2 Å². The van der Waals surface area contributed by atoms with Crippen LogP contribution in [0.3, 0.4) is 0 Å². The van der Waals surface area contributed by atoms with Crippen LogP contribution in [0.5, 0.6) is 0 Å². The number of hydrogen-bond donors (Lipinski definition) is 1. The molecule has 1 heterocycles. The normalized spacial score (nSPS) is 14.4. The van der Waals surface area contributed by atoms with E-state index in [2.05, 4.69) is 47.0 Å². The third kappa shape index (κ3) is 5.29. The maximum absolute atomic E-state index is 4.40. The zero-order valence-corrected chi connectivity index (χ0v) is 13.9. The molecule has 0 spiro atoms. The van der Waals surface area contributed by atoms with Gasteiger partial charge < -0.3 is 5.32 Å². The molecule has 0 aliphatic rings. The topological polar surface area (TPSA) is 24.9 Å². The van der Waals surface area contributed by atoms with Gasteiger partial charge in [0.25, 0.3) is 0 Å². The standard InChI is InChI=1S/C14H23BrN2S/c1-4-8-16-13(11(3)5-2)10-18-14-12(15)7-6-9-17-14/h6-7,9,11,13,16H,4-5,8,10H2,1-3H3. The second-order valence-electron chi connectivity index (χ2n) is 4.55. The van der Waals surface area contributed by atoms with Crippen LogP contribution in [0.1, 0.15) is 33.6 Å². The fourth-order valence-electron chi connectivity index (χ4n) is 1.68. The van der Waals surface area contributed by atoms with Crippen molar-refractivity contribution in [2.24, 2.45) is 5.92 Å². The van der Waals surface area contributed by atoms with Gasteiger partial charge in [0.1, 0.15) is 5.03 Å². The highest BCUT2D eigenvalue weighted by Gasteiger charge is 2.16. The molecule has 102 valence electrons. The van der Waals surface area contributed by atoms with Crippen LogP contribution in [0.25, 0.3) is 0 Å². The van der Waals surface area contributed by atoms with E-state index in [0.717, 1.165) is 21.8 Å². The third-order valence-electron chi connectivity index (χ3n) is 3.11. The number of nitrogens with zero attached hydrogens (tertiary/aromatic N) is 1. The summed E-state index contributed by atoms with van der Waals surface area (Å²) >= 11 is 5.38. The van der Waals surface area contributed by atoms with E-state index in [4.69, 9.17) is 0 Å². The van der Waals surface area contributed by atoms with Crippen molar-refractivity contribution in [3.8, 4) is 0 Å². The van der Waals surface area contributed by atoms with Crippen molar-refractivity contribution in [3.05, 3.63) is 22.8 Å². The van der Waals surface area contributed by atoms with Crippen LogP contribution < -0.4 is 5.32 Å². The highest BCUT2D eigenvalue weighted by atomic mass is 79.9. The summed E-state index contributed by atoms with van der Waals surface area (Å²) in [5.41, 5.74) is 0. The Bertz CT molecular complexity index is 346. The molecule has 0 saturated carbocycles. The van der Waals surface area contributed by atoms with Gasteiger partial charge in [-0.05, 0) is 46.9 Å². The molecular formula is C14H23BrN2S. The van der Waals surface area contributed by atoms with Crippen molar-refractivity contribution in [1.29, 1.82) is 0 Å². The van der Waals surface area contributed by atoms with E-state index in [0.29, 0.717) is 12.0 Å². The molecule has 0 radical (unpaired) electrons. The highest BCUT2D eigenvalue weighted by Crippen LogP contribution is 2.26. The molecule has 1 aromatic heterocycles. The summed E-state index contributed by atoms with van der Waals surface area (Å²) in [5, 5.41) is 4.73. The Hall–Kier alpha value is -0.0600. The Morgan fingerprint density at radius 1 is 1.44 bits per heavy atom. The average Bonchev–Trinajstić information content (AvgIpc) is 2.40. The minimum absolute atomic E-state index is 0.564.